The maximum Gasteiger partial charge on any atom is 0.411 e. The summed E-state index contributed by atoms with van der Waals surface area (Å²) in [6.07, 6.45) is -4.27. The molecule has 1 aromatic carbocycles. The average Bonchev–Trinajstić information content (AvgIpc) is 2.20. The summed E-state index contributed by atoms with van der Waals surface area (Å²) in [5, 5.41) is 3.09. The summed E-state index contributed by atoms with van der Waals surface area (Å²) in [6, 6.07) is 7.61. The fourth-order valence-electron chi connectivity index (χ4n) is 2.00. The van der Waals surface area contributed by atoms with E-state index in [9.17, 15) is 13.2 Å². The Bertz CT molecular complexity index is 418. The Morgan fingerprint density at radius 3 is 2.56 bits per heavy atom. The maximum absolute atomic E-state index is 12.1. The van der Waals surface area contributed by atoms with Gasteiger partial charge in [-0.05, 0) is 17.7 Å². The summed E-state index contributed by atoms with van der Waals surface area (Å²) in [5.41, 5.74) is 0.660. The van der Waals surface area contributed by atoms with Crippen LogP contribution in [0.3, 0.4) is 0 Å². The molecule has 0 bridgehead atoms. The van der Waals surface area contributed by atoms with Gasteiger partial charge < -0.3 is 10.1 Å². The van der Waals surface area contributed by atoms with Crippen LogP contribution >= 0.6 is 15.9 Å². The van der Waals surface area contributed by atoms with Gasteiger partial charge in [0.2, 0.25) is 0 Å². The Balaban J connectivity index is 2.03. The molecule has 0 radical (unpaired) electrons. The highest BCUT2D eigenvalue weighted by Gasteiger charge is 2.40. The van der Waals surface area contributed by atoms with Crippen LogP contribution in [0.2, 0.25) is 0 Å². The second-order valence-electron chi connectivity index (χ2n) is 4.50. The third-order valence-electron chi connectivity index (χ3n) is 3.01. The smallest absolute Gasteiger partial charge is 0.371 e. The Morgan fingerprint density at radius 2 is 2.06 bits per heavy atom. The quantitative estimate of drug-likeness (QED) is 0.920. The normalized spacial score (nSPS) is 18.4. The molecule has 0 spiro atoms. The minimum atomic E-state index is -4.27. The van der Waals surface area contributed by atoms with Crippen LogP contribution in [0, 0.1) is 0 Å². The summed E-state index contributed by atoms with van der Waals surface area (Å²) in [7, 11) is 0. The van der Waals surface area contributed by atoms with Gasteiger partial charge in [0.25, 0.3) is 0 Å². The zero-order valence-electron chi connectivity index (χ0n) is 9.56. The van der Waals surface area contributed by atoms with Crippen LogP contribution in [-0.4, -0.2) is 32.5 Å². The van der Waals surface area contributed by atoms with E-state index in [1.54, 1.807) is 0 Å². The van der Waals surface area contributed by atoms with Gasteiger partial charge in [-0.2, -0.15) is 13.2 Å². The van der Waals surface area contributed by atoms with Crippen molar-refractivity contribution in [3.63, 3.8) is 0 Å². The summed E-state index contributed by atoms with van der Waals surface area (Å²) in [5.74, 6) is 0. The van der Waals surface area contributed by atoms with E-state index in [-0.39, 0.29) is 12.0 Å². The highest BCUT2D eigenvalue weighted by atomic mass is 79.9. The number of halogens is 4. The standard InChI is InChI=1S/C12H13BrF3NO/c13-10-3-1-2-9(4-10)11(5-17-6-11)7-18-8-12(14,15)16/h1-4,17H,5-8H2. The lowest BCUT2D eigenvalue weighted by atomic mass is 9.76. The number of hydrogen-bond acceptors (Lipinski definition) is 2. The van der Waals surface area contributed by atoms with Gasteiger partial charge in [-0.15, -0.1) is 0 Å². The van der Waals surface area contributed by atoms with E-state index >= 15 is 0 Å². The van der Waals surface area contributed by atoms with E-state index in [1.807, 2.05) is 24.3 Å². The van der Waals surface area contributed by atoms with Crippen molar-refractivity contribution in [2.45, 2.75) is 11.6 Å². The Labute approximate surface area is 112 Å². The van der Waals surface area contributed by atoms with Crippen LogP contribution in [0.5, 0.6) is 0 Å². The lowest BCUT2D eigenvalue weighted by Crippen LogP contribution is -2.59. The number of benzene rings is 1. The molecule has 18 heavy (non-hydrogen) atoms. The first-order valence-corrected chi connectivity index (χ1v) is 6.32. The summed E-state index contributed by atoms with van der Waals surface area (Å²) in [6.45, 7) is 0.168. The molecule has 1 saturated heterocycles. The molecule has 1 N–H and O–H groups in total. The van der Waals surface area contributed by atoms with E-state index < -0.39 is 12.8 Å². The van der Waals surface area contributed by atoms with Crippen LogP contribution in [-0.2, 0) is 10.2 Å². The van der Waals surface area contributed by atoms with Crippen molar-refractivity contribution in [2.24, 2.45) is 0 Å². The highest BCUT2D eigenvalue weighted by Crippen LogP contribution is 2.31. The van der Waals surface area contributed by atoms with Crippen molar-refractivity contribution in [3.05, 3.63) is 34.3 Å². The first-order valence-electron chi connectivity index (χ1n) is 5.53. The maximum atomic E-state index is 12.1. The topological polar surface area (TPSA) is 21.3 Å². The molecule has 0 amide bonds. The molecule has 0 saturated carbocycles. The van der Waals surface area contributed by atoms with Gasteiger partial charge in [-0.1, -0.05) is 28.1 Å². The van der Waals surface area contributed by atoms with Crippen LogP contribution in [0.25, 0.3) is 0 Å². The van der Waals surface area contributed by atoms with Crippen molar-refractivity contribution in [2.75, 3.05) is 26.3 Å². The fourth-order valence-corrected chi connectivity index (χ4v) is 2.40. The molecule has 0 aromatic heterocycles. The summed E-state index contributed by atoms with van der Waals surface area (Å²) < 4.78 is 42.0. The molecular formula is C12H13BrF3NO. The van der Waals surface area contributed by atoms with Gasteiger partial charge in [0.1, 0.15) is 6.61 Å². The summed E-state index contributed by atoms with van der Waals surface area (Å²) >= 11 is 3.37. The van der Waals surface area contributed by atoms with Gasteiger partial charge in [0.15, 0.2) is 0 Å². The van der Waals surface area contributed by atoms with Crippen molar-refractivity contribution < 1.29 is 17.9 Å². The lowest BCUT2D eigenvalue weighted by Gasteiger charge is -2.43. The first-order chi connectivity index (χ1) is 8.41. The molecule has 6 heteroatoms. The molecule has 100 valence electrons. The Kier molecular flexibility index (Phi) is 3.99. The second kappa shape index (κ2) is 5.19. The van der Waals surface area contributed by atoms with Crippen LogP contribution in [0.4, 0.5) is 13.2 Å². The monoisotopic (exact) mass is 323 g/mol. The minimum Gasteiger partial charge on any atom is -0.371 e. The van der Waals surface area contributed by atoms with Crippen molar-refractivity contribution in [1.82, 2.24) is 5.32 Å². The van der Waals surface area contributed by atoms with E-state index in [2.05, 4.69) is 21.2 Å². The van der Waals surface area contributed by atoms with Crippen molar-refractivity contribution >= 4 is 15.9 Å². The molecule has 1 aliphatic rings. The largest absolute Gasteiger partial charge is 0.411 e. The molecule has 0 unspecified atom stereocenters. The molecule has 1 aliphatic heterocycles. The zero-order chi connectivity index (χ0) is 13.2. The van der Waals surface area contributed by atoms with E-state index in [1.165, 1.54) is 0 Å². The van der Waals surface area contributed by atoms with Gasteiger partial charge >= 0.3 is 6.18 Å². The average molecular weight is 324 g/mol. The minimum absolute atomic E-state index is 0.0793. The van der Waals surface area contributed by atoms with Gasteiger partial charge in [-0.3, -0.25) is 0 Å². The molecule has 2 rings (SSSR count). The third kappa shape index (κ3) is 3.24. The summed E-state index contributed by atoms with van der Waals surface area (Å²) in [4.78, 5) is 0. The van der Waals surface area contributed by atoms with E-state index in [0.29, 0.717) is 13.1 Å². The zero-order valence-corrected chi connectivity index (χ0v) is 11.1. The van der Waals surface area contributed by atoms with Gasteiger partial charge in [0.05, 0.1) is 6.61 Å². The molecule has 0 aliphatic carbocycles. The van der Waals surface area contributed by atoms with E-state index in [4.69, 9.17) is 4.74 Å². The van der Waals surface area contributed by atoms with Crippen molar-refractivity contribution in [1.29, 1.82) is 0 Å². The number of rotatable bonds is 4. The number of nitrogens with one attached hydrogen (secondary N) is 1. The van der Waals surface area contributed by atoms with Crippen LogP contribution in [0.15, 0.2) is 28.7 Å². The molecule has 2 nitrogen and oxygen atoms in total. The SMILES string of the molecule is FC(F)(F)COCC1(c2cccc(Br)c2)CNC1. The molecule has 1 fully saturated rings. The molecule has 1 heterocycles. The van der Waals surface area contributed by atoms with Crippen molar-refractivity contribution in [3.8, 4) is 0 Å². The van der Waals surface area contributed by atoms with Crippen LogP contribution in [0.1, 0.15) is 5.56 Å². The molecule has 1 aromatic rings. The first kappa shape index (κ1) is 13.8. The van der Waals surface area contributed by atoms with Gasteiger partial charge in [-0.25, -0.2) is 0 Å². The predicted molar refractivity (Wildman–Crippen MR) is 65.6 cm³/mol. The van der Waals surface area contributed by atoms with Crippen LogP contribution < -0.4 is 5.32 Å². The number of hydrogen-bond donors (Lipinski definition) is 1. The number of alkyl halides is 3. The second-order valence-corrected chi connectivity index (χ2v) is 5.42. The molecular weight excluding hydrogens is 311 g/mol. The lowest BCUT2D eigenvalue weighted by molar-refractivity contribution is -0.179. The number of ether oxygens (including phenoxy) is 1. The third-order valence-corrected chi connectivity index (χ3v) is 3.50. The molecule has 0 atom stereocenters. The van der Waals surface area contributed by atoms with Gasteiger partial charge in [0, 0.05) is 23.0 Å². The van der Waals surface area contributed by atoms with E-state index in [0.717, 1.165) is 10.0 Å². The predicted octanol–water partition coefficient (Wildman–Crippen LogP) is 2.87. The Hall–Kier alpha value is -0.590. The fraction of sp³-hybridized carbons (Fsp3) is 0.500. The Morgan fingerprint density at radius 1 is 1.33 bits per heavy atom. The highest BCUT2D eigenvalue weighted by molar-refractivity contribution is 9.10.